The Bertz CT molecular complexity index is 726. The van der Waals surface area contributed by atoms with E-state index in [1.165, 1.54) is 0 Å². The van der Waals surface area contributed by atoms with Crippen molar-refractivity contribution in [3.05, 3.63) is 29.5 Å². The molecule has 7 heteroatoms. The van der Waals surface area contributed by atoms with Gasteiger partial charge in [-0.3, -0.25) is 14.0 Å². The minimum absolute atomic E-state index is 0.0301. The van der Waals surface area contributed by atoms with Gasteiger partial charge in [0.1, 0.15) is 0 Å². The van der Waals surface area contributed by atoms with Crippen molar-refractivity contribution in [2.75, 3.05) is 19.7 Å². The van der Waals surface area contributed by atoms with E-state index in [0.29, 0.717) is 32.5 Å². The highest BCUT2D eigenvalue weighted by atomic mass is 32.1. The number of likely N-dealkylation sites (tertiary alicyclic amines) is 1. The van der Waals surface area contributed by atoms with Crippen molar-refractivity contribution in [2.45, 2.75) is 19.8 Å². The van der Waals surface area contributed by atoms with Gasteiger partial charge in [0.2, 0.25) is 5.91 Å². The second-order valence-electron chi connectivity index (χ2n) is 5.42. The summed E-state index contributed by atoms with van der Waals surface area (Å²) in [6, 6.07) is 0. The number of rotatable bonds is 4. The first-order valence-electron chi connectivity index (χ1n) is 7.73. The number of carbonyl (C=O) groups excluding carboxylic acids is 2. The minimum Gasteiger partial charge on any atom is -0.466 e. The van der Waals surface area contributed by atoms with E-state index in [4.69, 9.17) is 4.74 Å². The summed E-state index contributed by atoms with van der Waals surface area (Å²) >= 11 is 1.56. The normalized spacial score (nSPS) is 16.3. The number of thiazole rings is 1. The molecule has 6 nitrogen and oxygen atoms in total. The van der Waals surface area contributed by atoms with Gasteiger partial charge in [0.15, 0.2) is 4.96 Å². The van der Waals surface area contributed by atoms with Crippen LogP contribution >= 0.6 is 11.3 Å². The Balaban J connectivity index is 1.56. The number of esters is 1. The lowest BCUT2D eigenvalue weighted by Gasteiger charge is -2.30. The summed E-state index contributed by atoms with van der Waals surface area (Å²) in [5.41, 5.74) is 0.885. The van der Waals surface area contributed by atoms with Crippen LogP contribution in [0.4, 0.5) is 0 Å². The number of imidazole rings is 1. The zero-order chi connectivity index (χ0) is 16.2. The summed E-state index contributed by atoms with van der Waals surface area (Å²) < 4.78 is 6.99. The fourth-order valence-corrected chi connectivity index (χ4v) is 3.42. The van der Waals surface area contributed by atoms with Crippen molar-refractivity contribution in [1.82, 2.24) is 14.3 Å². The summed E-state index contributed by atoms with van der Waals surface area (Å²) in [6.07, 6.45) is 8.38. The molecule has 3 heterocycles. The maximum atomic E-state index is 12.3. The maximum Gasteiger partial charge on any atom is 0.309 e. The van der Waals surface area contributed by atoms with Crippen LogP contribution in [0, 0.1) is 5.92 Å². The third-order valence-corrected chi connectivity index (χ3v) is 4.77. The Morgan fingerprint density at radius 2 is 2.22 bits per heavy atom. The Morgan fingerprint density at radius 1 is 1.43 bits per heavy atom. The van der Waals surface area contributed by atoms with Gasteiger partial charge in [-0.2, -0.15) is 0 Å². The van der Waals surface area contributed by atoms with E-state index in [1.807, 2.05) is 22.9 Å². The lowest BCUT2D eigenvalue weighted by molar-refractivity contribution is -0.150. The number of fused-ring (bicyclic) bond motifs is 1. The number of carbonyl (C=O) groups is 2. The summed E-state index contributed by atoms with van der Waals surface area (Å²) in [6.45, 7) is 3.39. The molecule has 0 spiro atoms. The molecule has 0 aromatic carbocycles. The summed E-state index contributed by atoms with van der Waals surface area (Å²) in [7, 11) is 0. The van der Waals surface area contributed by atoms with E-state index in [9.17, 15) is 9.59 Å². The van der Waals surface area contributed by atoms with Gasteiger partial charge in [0.05, 0.1) is 24.4 Å². The third-order valence-electron chi connectivity index (χ3n) is 4.00. The van der Waals surface area contributed by atoms with E-state index in [1.54, 1.807) is 34.6 Å². The van der Waals surface area contributed by atoms with Crippen LogP contribution < -0.4 is 0 Å². The molecule has 3 rings (SSSR count). The molecule has 122 valence electrons. The van der Waals surface area contributed by atoms with Crippen LogP contribution in [0.25, 0.3) is 11.0 Å². The number of ether oxygens (including phenoxy) is 1. The van der Waals surface area contributed by atoms with Gasteiger partial charge >= 0.3 is 5.97 Å². The van der Waals surface area contributed by atoms with Gasteiger partial charge in [0.25, 0.3) is 0 Å². The molecule has 0 atom stereocenters. The van der Waals surface area contributed by atoms with E-state index in [-0.39, 0.29) is 17.8 Å². The summed E-state index contributed by atoms with van der Waals surface area (Å²) in [4.78, 5) is 30.9. The molecule has 0 radical (unpaired) electrons. The van der Waals surface area contributed by atoms with E-state index < -0.39 is 0 Å². The number of hydrogen-bond donors (Lipinski definition) is 0. The maximum absolute atomic E-state index is 12.3. The Kier molecular flexibility index (Phi) is 4.76. The number of nitrogens with zero attached hydrogens (tertiary/aromatic N) is 3. The van der Waals surface area contributed by atoms with Crippen molar-refractivity contribution in [3.8, 4) is 0 Å². The van der Waals surface area contributed by atoms with E-state index in [2.05, 4.69) is 4.98 Å². The van der Waals surface area contributed by atoms with Crippen molar-refractivity contribution in [2.24, 2.45) is 5.92 Å². The SMILES string of the molecule is CCOC(=O)C1CCN(C(=O)/C=C/c2cnc3sccn23)CC1. The first kappa shape index (κ1) is 15.7. The van der Waals surface area contributed by atoms with Crippen LogP contribution in [0.15, 0.2) is 23.8 Å². The Hall–Kier alpha value is -2.15. The average molecular weight is 333 g/mol. The van der Waals surface area contributed by atoms with Crippen LogP contribution in [-0.4, -0.2) is 45.9 Å². The molecule has 0 aliphatic carbocycles. The third kappa shape index (κ3) is 3.44. The Morgan fingerprint density at radius 3 is 2.96 bits per heavy atom. The predicted octanol–water partition coefficient (Wildman–Crippen LogP) is 2.21. The summed E-state index contributed by atoms with van der Waals surface area (Å²) in [5.74, 6) is -0.255. The molecule has 0 bridgehead atoms. The van der Waals surface area contributed by atoms with Crippen LogP contribution in [-0.2, 0) is 14.3 Å². The van der Waals surface area contributed by atoms with Gasteiger partial charge < -0.3 is 9.64 Å². The molecule has 1 fully saturated rings. The minimum atomic E-state index is -0.144. The fourth-order valence-electron chi connectivity index (χ4n) is 2.73. The molecule has 0 N–H and O–H groups in total. The molecule has 2 aromatic rings. The van der Waals surface area contributed by atoms with Gasteiger partial charge in [-0.25, -0.2) is 4.98 Å². The molecule has 2 aromatic heterocycles. The predicted molar refractivity (Wildman–Crippen MR) is 88.0 cm³/mol. The zero-order valence-electron chi connectivity index (χ0n) is 13.0. The van der Waals surface area contributed by atoms with Crippen molar-refractivity contribution in [1.29, 1.82) is 0 Å². The monoisotopic (exact) mass is 333 g/mol. The zero-order valence-corrected chi connectivity index (χ0v) is 13.8. The first-order chi connectivity index (χ1) is 11.2. The highest BCUT2D eigenvalue weighted by molar-refractivity contribution is 7.15. The molecule has 1 aliphatic rings. The van der Waals surface area contributed by atoms with Crippen LogP contribution in [0.2, 0.25) is 0 Å². The number of hydrogen-bond acceptors (Lipinski definition) is 5. The smallest absolute Gasteiger partial charge is 0.309 e. The molecule has 1 aliphatic heterocycles. The highest BCUT2D eigenvalue weighted by Crippen LogP contribution is 2.19. The number of aromatic nitrogens is 2. The average Bonchev–Trinajstić information content (AvgIpc) is 3.17. The Labute approximate surface area is 138 Å². The van der Waals surface area contributed by atoms with Gasteiger partial charge in [-0.05, 0) is 25.8 Å². The molecular formula is C16H19N3O3S. The molecule has 0 unspecified atom stereocenters. The largest absolute Gasteiger partial charge is 0.466 e. The van der Waals surface area contributed by atoms with Crippen molar-refractivity contribution < 1.29 is 14.3 Å². The van der Waals surface area contributed by atoms with Gasteiger partial charge in [-0.15, -0.1) is 11.3 Å². The number of piperidine rings is 1. The van der Waals surface area contributed by atoms with E-state index >= 15 is 0 Å². The number of amides is 1. The topological polar surface area (TPSA) is 63.9 Å². The lowest BCUT2D eigenvalue weighted by Crippen LogP contribution is -2.39. The second-order valence-corrected chi connectivity index (χ2v) is 6.30. The van der Waals surface area contributed by atoms with Crippen LogP contribution in [0.1, 0.15) is 25.5 Å². The van der Waals surface area contributed by atoms with E-state index in [0.717, 1.165) is 10.7 Å². The van der Waals surface area contributed by atoms with Crippen molar-refractivity contribution >= 4 is 34.3 Å². The molecule has 1 amide bonds. The lowest BCUT2D eigenvalue weighted by atomic mass is 9.97. The van der Waals surface area contributed by atoms with Crippen molar-refractivity contribution in [3.63, 3.8) is 0 Å². The molecule has 23 heavy (non-hydrogen) atoms. The molecule has 0 saturated carbocycles. The molecule has 1 saturated heterocycles. The molecular weight excluding hydrogens is 314 g/mol. The standard InChI is InChI=1S/C16H19N3O3S/c1-2-22-15(21)12-5-7-18(8-6-12)14(20)4-3-13-11-17-16-19(13)9-10-23-16/h3-4,9-12H,2,5-8H2,1H3/b4-3+. The van der Waals surface area contributed by atoms with Crippen LogP contribution in [0.5, 0.6) is 0 Å². The quantitative estimate of drug-likeness (QED) is 0.636. The highest BCUT2D eigenvalue weighted by Gasteiger charge is 2.27. The van der Waals surface area contributed by atoms with Crippen LogP contribution in [0.3, 0.4) is 0 Å². The van der Waals surface area contributed by atoms with Gasteiger partial charge in [-0.1, -0.05) is 0 Å². The summed E-state index contributed by atoms with van der Waals surface area (Å²) in [5, 5.41) is 1.96. The fraction of sp³-hybridized carbons (Fsp3) is 0.438. The first-order valence-corrected chi connectivity index (χ1v) is 8.61. The second kappa shape index (κ2) is 6.95. The van der Waals surface area contributed by atoms with Gasteiger partial charge in [0, 0.05) is 30.7 Å².